The monoisotopic (exact) mass is 318 g/mol. The lowest BCUT2D eigenvalue weighted by molar-refractivity contribution is -0.120. The van der Waals surface area contributed by atoms with Crippen LogP contribution < -0.4 is 16.0 Å². The summed E-state index contributed by atoms with van der Waals surface area (Å²) in [6.45, 7) is 8.43. The normalized spacial score (nSPS) is 12.6. The van der Waals surface area contributed by atoms with Crippen LogP contribution in [-0.2, 0) is 4.79 Å². The highest BCUT2D eigenvalue weighted by Crippen LogP contribution is 2.14. The van der Waals surface area contributed by atoms with E-state index in [0.717, 1.165) is 25.5 Å². The van der Waals surface area contributed by atoms with Gasteiger partial charge in [-0.1, -0.05) is 43.7 Å². The summed E-state index contributed by atoms with van der Waals surface area (Å²) in [6.07, 6.45) is 1.41. The molecule has 0 bridgehead atoms. The lowest BCUT2D eigenvalue weighted by Crippen LogP contribution is -2.40. The van der Waals surface area contributed by atoms with Gasteiger partial charge in [-0.25, -0.2) is 0 Å². The van der Waals surface area contributed by atoms with Gasteiger partial charge >= 0.3 is 0 Å². The molecular formula is C18H30N4O. The number of rotatable bonds is 8. The van der Waals surface area contributed by atoms with Crippen molar-refractivity contribution in [2.45, 2.75) is 39.5 Å². The number of hydrogen-bond donors (Lipinski definition) is 3. The second-order valence-corrected chi connectivity index (χ2v) is 5.79. The molecule has 0 fully saturated rings. The van der Waals surface area contributed by atoms with Gasteiger partial charge in [-0.05, 0) is 24.8 Å². The largest absolute Gasteiger partial charge is 0.356 e. The molecule has 1 unspecified atom stereocenters. The first-order valence-electron chi connectivity index (χ1n) is 8.34. The number of hydrogen-bond acceptors (Lipinski definition) is 2. The Labute approximate surface area is 140 Å². The molecule has 0 saturated carbocycles. The van der Waals surface area contributed by atoms with E-state index >= 15 is 0 Å². The lowest BCUT2D eigenvalue weighted by Gasteiger charge is -2.16. The van der Waals surface area contributed by atoms with Crippen molar-refractivity contribution in [2.24, 2.45) is 4.99 Å². The molecule has 5 heteroatoms. The maximum absolute atomic E-state index is 11.5. The predicted octanol–water partition coefficient (Wildman–Crippen LogP) is 2.18. The minimum absolute atomic E-state index is 0.0721. The highest BCUT2D eigenvalue weighted by molar-refractivity contribution is 5.81. The van der Waals surface area contributed by atoms with Crippen LogP contribution in [0.3, 0.4) is 0 Å². The summed E-state index contributed by atoms with van der Waals surface area (Å²) in [6, 6.07) is 8.59. The first kappa shape index (κ1) is 19.0. The molecule has 128 valence electrons. The number of aliphatic imine (C=N–C) groups is 1. The maximum atomic E-state index is 11.5. The van der Waals surface area contributed by atoms with Crippen LogP contribution in [0.5, 0.6) is 0 Å². The van der Waals surface area contributed by atoms with Gasteiger partial charge in [0, 0.05) is 33.1 Å². The summed E-state index contributed by atoms with van der Waals surface area (Å²) in [5, 5.41) is 9.34. The second-order valence-electron chi connectivity index (χ2n) is 5.79. The molecule has 1 atom stereocenters. The fourth-order valence-electron chi connectivity index (χ4n) is 2.13. The highest BCUT2D eigenvalue weighted by Gasteiger charge is 2.07. The zero-order chi connectivity index (χ0) is 17.1. The van der Waals surface area contributed by atoms with Crippen LogP contribution >= 0.6 is 0 Å². The van der Waals surface area contributed by atoms with Crippen LogP contribution in [0.15, 0.2) is 29.3 Å². The Bertz CT molecular complexity index is 496. The molecule has 0 saturated heterocycles. The molecule has 3 N–H and O–H groups in total. The van der Waals surface area contributed by atoms with Crippen molar-refractivity contribution < 1.29 is 4.79 Å². The smallest absolute Gasteiger partial charge is 0.221 e. The highest BCUT2D eigenvalue weighted by atomic mass is 16.1. The minimum atomic E-state index is 0.0721. The summed E-state index contributed by atoms with van der Waals surface area (Å²) in [7, 11) is 1.74. The summed E-state index contributed by atoms with van der Waals surface area (Å²) in [4.78, 5) is 15.7. The van der Waals surface area contributed by atoms with Crippen LogP contribution in [-0.4, -0.2) is 38.5 Å². The quantitative estimate of drug-likeness (QED) is 0.508. The van der Waals surface area contributed by atoms with Crippen molar-refractivity contribution in [1.29, 1.82) is 0 Å². The van der Waals surface area contributed by atoms with Gasteiger partial charge in [0.1, 0.15) is 0 Å². The lowest BCUT2D eigenvalue weighted by atomic mass is 10.0. The molecule has 0 aliphatic carbocycles. The zero-order valence-electron chi connectivity index (χ0n) is 14.8. The first-order valence-corrected chi connectivity index (χ1v) is 8.34. The Balaban J connectivity index is 2.31. The molecule has 23 heavy (non-hydrogen) atoms. The molecule has 0 aromatic heterocycles. The van der Waals surface area contributed by atoms with Gasteiger partial charge in [0.2, 0.25) is 5.91 Å². The summed E-state index contributed by atoms with van der Waals surface area (Å²) >= 11 is 0. The van der Waals surface area contributed by atoms with Crippen molar-refractivity contribution in [3.8, 4) is 0 Å². The summed E-state index contributed by atoms with van der Waals surface area (Å²) in [5.74, 6) is 1.19. The molecule has 1 amide bonds. The average molecular weight is 318 g/mol. The van der Waals surface area contributed by atoms with Gasteiger partial charge in [-0.15, -0.1) is 0 Å². The van der Waals surface area contributed by atoms with Crippen LogP contribution in [0.4, 0.5) is 0 Å². The third kappa shape index (κ3) is 7.68. The van der Waals surface area contributed by atoms with E-state index in [9.17, 15) is 4.79 Å². The number of benzene rings is 1. The number of carbonyl (C=O) groups excluding carboxylic acids is 1. The zero-order valence-corrected chi connectivity index (χ0v) is 14.8. The van der Waals surface area contributed by atoms with Crippen molar-refractivity contribution >= 4 is 11.9 Å². The van der Waals surface area contributed by atoms with E-state index in [-0.39, 0.29) is 5.91 Å². The third-order valence-corrected chi connectivity index (χ3v) is 3.66. The molecule has 1 rings (SSSR count). The molecule has 0 aliphatic rings. The number of amides is 1. The summed E-state index contributed by atoms with van der Waals surface area (Å²) in [5.41, 5.74) is 2.57. The van der Waals surface area contributed by atoms with Gasteiger partial charge in [0.25, 0.3) is 0 Å². The Morgan fingerprint density at radius 3 is 2.43 bits per heavy atom. The number of guanidine groups is 1. The standard InChI is InChI=1S/C18H30N4O/c1-5-11-20-17(23)10-12-21-18(19-4)22-13-15(3)16-8-6-14(2)7-9-16/h6-9,15H,5,10-13H2,1-4H3,(H,20,23)(H2,19,21,22). The molecule has 0 heterocycles. The van der Waals surface area contributed by atoms with Gasteiger partial charge in [-0.3, -0.25) is 9.79 Å². The fraction of sp³-hybridized carbons (Fsp3) is 0.556. The topological polar surface area (TPSA) is 65.5 Å². The first-order chi connectivity index (χ1) is 11.1. The van der Waals surface area contributed by atoms with Crippen molar-refractivity contribution in [3.63, 3.8) is 0 Å². The van der Waals surface area contributed by atoms with Crippen molar-refractivity contribution in [2.75, 3.05) is 26.7 Å². The third-order valence-electron chi connectivity index (χ3n) is 3.66. The second kappa shape index (κ2) is 10.6. The van der Waals surface area contributed by atoms with Crippen molar-refractivity contribution in [3.05, 3.63) is 35.4 Å². The Morgan fingerprint density at radius 1 is 1.13 bits per heavy atom. The molecule has 1 aromatic carbocycles. The van der Waals surface area contributed by atoms with Gasteiger partial charge in [0.15, 0.2) is 5.96 Å². The molecule has 0 aliphatic heterocycles. The molecular weight excluding hydrogens is 288 g/mol. The van der Waals surface area contributed by atoms with Crippen LogP contribution in [0.2, 0.25) is 0 Å². The number of nitrogens with one attached hydrogen (secondary N) is 3. The van der Waals surface area contributed by atoms with Gasteiger partial charge in [0.05, 0.1) is 0 Å². The van der Waals surface area contributed by atoms with E-state index in [4.69, 9.17) is 0 Å². The maximum Gasteiger partial charge on any atom is 0.221 e. The van der Waals surface area contributed by atoms with E-state index in [1.54, 1.807) is 7.05 Å². The number of carbonyl (C=O) groups is 1. The molecule has 5 nitrogen and oxygen atoms in total. The van der Waals surface area contributed by atoms with E-state index in [1.807, 2.05) is 6.92 Å². The van der Waals surface area contributed by atoms with E-state index in [0.29, 0.717) is 18.9 Å². The van der Waals surface area contributed by atoms with E-state index in [2.05, 4.69) is 59.1 Å². The predicted molar refractivity (Wildman–Crippen MR) is 96.9 cm³/mol. The summed E-state index contributed by atoms with van der Waals surface area (Å²) < 4.78 is 0. The number of nitrogens with zero attached hydrogens (tertiary/aromatic N) is 1. The van der Waals surface area contributed by atoms with Gasteiger partial charge in [-0.2, -0.15) is 0 Å². The van der Waals surface area contributed by atoms with E-state index < -0.39 is 0 Å². The SMILES string of the molecule is CCCNC(=O)CCNC(=NC)NCC(C)c1ccc(C)cc1. The van der Waals surface area contributed by atoms with Crippen LogP contribution in [0.25, 0.3) is 0 Å². The van der Waals surface area contributed by atoms with Gasteiger partial charge < -0.3 is 16.0 Å². The van der Waals surface area contributed by atoms with E-state index in [1.165, 1.54) is 11.1 Å². The average Bonchev–Trinajstić information content (AvgIpc) is 2.56. The minimum Gasteiger partial charge on any atom is -0.356 e. The van der Waals surface area contributed by atoms with Crippen molar-refractivity contribution in [1.82, 2.24) is 16.0 Å². The fourth-order valence-corrected chi connectivity index (χ4v) is 2.13. The Kier molecular flexibility index (Phi) is 8.80. The Hall–Kier alpha value is -2.04. The van der Waals surface area contributed by atoms with Crippen LogP contribution in [0.1, 0.15) is 43.7 Å². The number of aryl methyl sites for hydroxylation is 1. The molecule has 1 aromatic rings. The molecule has 0 radical (unpaired) electrons. The molecule has 0 spiro atoms. The van der Waals surface area contributed by atoms with Crippen LogP contribution in [0, 0.1) is 6.92 Å². The Morgan fingerprint density at radius 2 is 1.83 bits per heavy atom.